The normalized spacial score (nSPS) is 10.4. The highest BCUT2D eigenvalue weighted by atomic mass is 35.5. The number of aromatic nitrogens is 4. The molecule has 1 aromatic carbocycles. The van der Waals surface area contributed by atoms with Gasteiger partial charge in [0.1, 0.15) is 11.5 Å². The van der Waals surface area contributed by atoms with E-state index in [0.29, 0.717) is 46.2 Å². The molecule has 0 aliphatic heterocycles. The predicted octanol–water partition coefficient (Wildman–Crippen LogP) is 3.84. The number of nitrogens with zero attached hydrogens (tertiary/aromatic N) is 6. The van der Waals surface area contributed by atoms with Crippen LogP contribution in [0.25, 0.3) is 16.9 Å². The van der Waals surface area contributed by atoms with Gasteiger partial charge < -0.3 is 21.1 Å². The first-order valence-electron chi connectivity index (χ1n) is 9.98. The molecule has 3 aromatic heterocycles. The lowest BCUT2D eigenvalue weighted by atomic mass is 10.1. The third kappa shape index (κ3) is 6.05. The summed E-state index contributed by atoms with van der Waals surface area (Å²) in [6.07, 6.45) is 3.49. The lowest BCUT2D eigenvalue weighted by molar-refractivity contribution is -0.384. The highest BCUT2D eigenvalue weighted by Gasteiger charge is 2.15. The molecule has 0 atom stereocenters. The molecular weight excluding hydrogens is 499 g/mol. The van der Waals surface area contributed by atoms with E-state index in [1.807, 2.05) is 28.5 Å². The van der Waals surface area contributed by atoms with E-state index in [1.165, 1.54) is 6.07 Å². The van der Waals surface area contributed by atoms with E-state index >= 15 is 0 Å². The smallest absolute Gasteiger partial charge is 0.311 e. The van der Waals surface area contributed by atoms with Gasteiger partial charge in [0.2, 0.25) is 11.8 Å². The van der Waals surface area contributed by atoms with E-state index in [0.717, 1.165) is 5.56 Å². The number of carboxylic acid groups (broad SMARTS) is 1. The van der Waals surface area contributed by atoms with Crippen molar-refractivity contribution in [2.75, 3.05) is 36.1 Å². The second-order valence-corrected chi connectivity index (χ2v) is 7.87. The Balaban J connectivity index is 0.00000108. The van der Waals surface area contributed by atoms with Crippen LogP contribution in [-0.2, 0) is 4.79 Å². The zero-order valence-electron chi connectivity index (χ0n) is 18.3. The van der Waals surface area contributed by atoms with Gasteiger partial charge in [0, 0.05) is 55.2 Å². The number of pyridine rings is 1. The highest BCUT2D eigenvalue weighted by molar-refractivity contribution is 6.36. The van der Waals surface area contributed by atoms with Gasteiger partial charge in [0.25, 0.3) is 6.47 Å². The van der Waals surface area contributed by atoms with Crippen LogP contribution in [0.1, 0.15) is 0 Å². The first-order chi connectivity index (χ1) is 16.7. The first kappa shape index (κ1) is 25.5. The summed E-state index contributed by atoms with van der Waals surface area (Å²) in [5.41, 5.74) is 7.58. The molecule has 12 nitrogen and oxygen atoms in total. The number of nitrogens with one attached hydrogen (secondary N) is 1. The summed E-state index contributed by atoms with van der Waals surface area (Å²) >= 11 is 12.4. The summed E-state index contributed by atoms with van der Waals surface area (Å²) in [4.78, 5) is 33.7. The number of anilines is 3. The average Bonchev–Trinajstić information content (AvgIpc) is 3.28. The molecular formula is C21H20Cl2N8O4. The summed E-state index contributed by atoms with van der Waals surface area (Å²) in [7, 11) is 1.82. The number of fused-ring (bicyclic) bond motifs is 1. The van der Waals surface area contributed by atoms with Crippen LogP contribution in [0.15, 0.2) is 48.8 Å². The SMILES string of the molecule is CN(CCNc1nc(-c2ccc(Cl)cc2Cl)cc2nccn12)c1ccc([N+](=O)[O-])c(N)n1.O=CO. The topological polar surface area (TPSA) is 165 Å². The van der Waals surface area contributed by atoms with Crippen molar-refractivity contribution in [2.45, 2.75) is 0 Å². The van der Waals surface area contributed by atoms with Crippen LogP contribution in [0.4, 0.5) is 23.3 Å². The molecule has 4 aromatic rings. The van der Waals surface area contributed by atoms with Crippen LogP contribution in [0, 0.1) is 10.1 Å². The Labute approximate surface area is 209 Å². The van der Waals surface area contributed by atoms with E-state index in [4.69, 9.17) is 43.8 Å². The molecule has 0 aliphatic carbocycles. The van der Waals surface area contributed by atoms with Crippen molar-refractivity contribution in [3.8, 4) is 11.3 Å². The molecule has 0 aliphatic rings. The average molecular weight is 519 g/mol. The van der Waals surface area contributed by atoms with Gasteiger partial charge in [0.15, 0.2) is 0 Å². The van der Waals surface area contributed by atoms with Gasteiger partial charge in [-0.15, -0.1) is 0 Å². The van der Waals surface area contributed by atoms with E-state index in [2.05, 4.69) is 15.3 Å². The Morgan fingerprint density at radius 3 is 2.66 bits per heavy atom. The van der Waals surface area contributed by atoms with Gasteiger partial charge in [0.05, 0.1) is 15.6 Å². The molecule has 4 rings (SSSR count). The molecule has 35 heavy (non-hydrogen) atoms. The standard InChI is InChI=1S/C20H18Cl2N8O2.CH2O2/c1-28(17-5-4-16(30(31)32)19(23)27-17)8-6-25-20-26-15(11-18-24-7-9-29(18)20)13-3-2-12(21)10-14(13)22;2-1-3/h2-5,7,9-11H,6,8H2,1H3,(H2,23,27)(H,25,26);1H,(H,2,3). The number of likely N-dealkylation sites (N-methyl/N-ethyl adjacent to an activating group) is 1. The predicted molar refractivity (Wildman–Crippen MR) is 134 cm³/mol. The molecule has 182 valence electrons. The van der Waals surface area contributed by atoms with Crippen molar-refractivity contribution in [2.24, 2.45) is 0 Å². The van der Waals surface area contributed by atoms with Crippen LogP contribution in [0.3, 0.4) is 0 Å². The summed E-state index contributed by atoms with van der Waals surface area (Å²) in [5, 5.41) is 22.1. The van der Waals surface area contributed by atoms with E-state index < -0.39 is 4.92 Å². The van der Waals surface area contributed by atoms with Gasteiger partial charge in [-0.3, -0.25) is 19.3 Å². The lowest BCUT2D eigenvalue weighted by Crippen LogP contribution is -2.26. The monoisotopic (exact) mass is 518 g/mol. The molecule has 0 amide bonds. The summed E-state index contributed by atoms with van der Waals surface area (Å²) in [6, 6.07) is 9.98. The van der Waals surface area contributed by atoms with E-state index in [-0.39, 0.29) is 18.0 Å². The molecule has 0 radical (unpaired) electrons. The Morgan fingerprint density at radius 1 is 1.26 bits per heavy atom. The highest BCUT2D eigenvalue weighted by Crippen LogP contribution is 2.30. The number of hydrogen-bond donors (Lipinski definition) is 3. The van der Waals surface area contributed by atoms with Gasteiger partial charge in [-0.1, -0.05) is 23.2 Å². The van der Waals surface area contributed by atoms with Gasteiger partial charge >= 0.3 is 5.69 Å². The zero-order chi connectivity index (χ0) is 25.5. The molecule has 4 N–H and O–H groups in total. The molecule has 0 fully saturated rings. The Hall–Kier alpha value is -4.16. The minimum atomic E-state index is -0.560. The quantitative estimate of drug-likeness (QED) is 0.186. The van der Waals surface area contributed by atoms with Crippen LogP contribution < -0.4 is 16.0 Å². The maximum Gasteiger partial charge on any atom is 0.311 e. The number of carbonyl (C=O) groups is 1. The lowest BCUT2D eigenvalue weighted by Gasteiger charge is -2.19. The van der Waals surface area contributed by atoms with Crippen LogP contribution >= 0.6 is 23.2 Å². The van der Waals surface area contributed by atoms with Crippen LogP contribution in [0.2, 0.25) is 10.0 Å². The van der Waals surface area contributed by atoms with Crippen molar-refractivity contribution >= 4 is 58.6 Å². The Kier molecular flexibility index (Phi) is 8.23. The van der Waals surface area contributed by atoms with Crippen molar-refractivity contribution < 1.29 is 14.8 Å². The van der Waals surface area contributed by atoms with E-state index in [1.54, 1.807) is 30.6 Å². The largest absolute Gasteiger partial charge is 0.483 e. The third-order valence-electron chi connectivity index (χ3n) is 4.80. The molecule has 3 heterocycles. The van der Waals surface area contributed by atoms with E-state index in [9.17, 15) is 10.1 Å². The molecule has 0 saturated carbocycles. The van der Waals surface area contributed by atoms with Crippen molar-refractivity contribution in [1.82, 2.24) is 19.4 Å². The third-order valence-corrected chi connectivity index (χ3v) is 5.35. The molecule has 14 heteroatoms. The number of halogens is 2. The van der Waals surface area contributed by atoms with Crippen molar-refractivity contribution in [1.29, 1.82) is 0 Å². The fraction of sp³-hybridized carbons (Fsp3) is 0.143. The number of nitrogens with two attached hydrogens (primary N) is 1. The summed E-state index contributed by atoms with van der Waals surface area (Å²) < 4.78 is 1.83. The minimum Gasteiger partial charge on any atom is -0.483 e. The molecule has 0 saturated heterocycles. The number of nitro groups is 1. The number of benzene rings is 1. The summed E-state index contributed by atoms with van der Waals surface area (Å²) in [5.74, 6) is 0.990. The maximum absolute atomic E-state index is 10.9. The van der Waals surface area contributed by atoms with Crippen LogP contribution in [0.5, 0.6) is 0 Å². The van der Waals surface area contributed by atoms with Gasteiger partial charge in [-0.2, -0.15) is 0 Å². The molecule has 0 unspecified atom stereocenters. The van der Waals surface area contributed by atoms with Gasteiger partial charge in [-0.25, -0.2) is 15.0 Å². The first-order valence-corrected chi connectivity index (χ1v) is 10.7. The summed E-state index contributed by atoms with van der Waals surface area (Å²) in [6.45, 7) is 0.793. The fourth-order valence-electron chi connectivity index (χ4n) is 3.16. The second kappa shape index (κ2) is 11.3. The second-order valence-electron chi connectivity index (χ2n) is 7.03. The van der Waals surface area contributed by atoms with Crippen LogP contribution in [-0.4, -0.2) is 56.0 Å². The van der Waals surface area contributed by atoms with Gasteiger partial charge in [-0.05, 0) is 24.3 Å². The number of rotatable bonds is 7. The van der Waals surface area contributed by atoms with Crippen molar-refractivity contribution in [3.05, 3.63) is 69.0 Å². The molecule has 0 bridgehead atoms. The zero-order valence-corrected chi connectivity index (χ0v) is 19.8. The number of hydrogen-bond acceptors (Lipinski definition) is 9. The Bertz CT molecular complexity index is 1360. The maximum atomic E-state index is 10.9. The fourth-order valence-corrected chi connectivity index (χ4v) is 3.66. The Morgan fingerprint density at radius 2 is 2.00 bits per heavy atom. The minimum absolute atomic E-state index is 0.123. The number of nitrogen functional groups attached to an aromatic ring is 1. The van der Waals surface area contributed by atoms with Crippen molar-refractivity contribution in [3.63, 3.8) is 0 Å². The number of imidazole rings is 1. The molecule has 0 spiro atoms.